The summed E-state index contributed by atoms with van der Waals surface area (Å²) < 4.78 is 37.1. The van der Waals surface area contributed by atoms with Gasteiger partial charge in [-0.1, -0.05) is 31.0 Å². The maximum atomic E-state index is 13.9. The third-order valence-corrected chi connectivity index (χ3v) is 8.33. The lowest BCUT2D eigenvalue weighted by molar-refractivity contribution is 0.226. The molecule has 1 aliphatic carbocycles. The van der Waals surface area contributed by atoms with E-state index in [-0.39, 0.29) is 22.6 Å². The van der Waals surface area contributed by atoms with Gasteiger partial charge in [-0.2, -0.15) is 9.78 Å². The Morgan fingerprint density at radius 1 is 1.08 bits per heavy atom. The molecule has 0 unspecified atom stereocenters. The first-order valence-corrected chi connectivity index (χ1v) is 13.4. The summed E-state index contributed by atoms with van der Waals surface area (Å²) in [6, 6.07) is 10.2. The second-order valence-electron chi connectivity index (χ2n) is 9.71. The van der Waals surface area contributed by atoms with Crippen molar-refractivity contribution in [2.45, 2.75) is 31.9 Å². The SMILES string of the molecule is CCC1(COc2c(N3CCN(SCc4cccc(O)c4)CC3)cnn(-c3cc(F)cc(F)c3)c2=O)CC1. The zero-order valence-electron chi connectivity index (χ0n) is 20.7. The van der Waals surface area contributed by atoms with Crippen LogP contribution in [0.15, 0.2) is 53.5 Å². The smallest absolute Gasteiger partial charge is 0.316 e. The highest BCUT2D eigenvalue weighted by molar-refractivity contribution is 7.96. The average molecular weight is 529 g/mol. The minimum absolute atomic E-state index is 0.0173. The van der Waals surface area contributed by atoms with Crippen LogP contribution in [-0.2, 0) is 5.75 Å². The molecule has 1 N–H and O–H groups in total. The van der Waals surface area contributed by atoms with Gasteiger partial charge < -0.3 is 14.7 Å². The molecule has 37 heavy (non-hydrogen) atoms. The number of benzene rings is 2. The Balaban J connectivity index is 1.34. The van der Waals surface area contributed by atoms with E-state index in [1.807, 2.05) is 12.1 Å². The van der Waals surface area contributed by atoms with Crippen LogP contribution < -0.4 is 15.2 Å². The van der Waals surface area contributed by atoms with E-state index >= 15 is 0 Å². The Kier molecular flexibility index (Phi) is 7.39. The van der Waals surface area contributed by atoms with Gasteiger partial charge in [0.05, 0.1) is 18.5 Å². The number of halogens is 2. The molecule has 10 heteroatoms. The van der Waals surface area contributed by atoms with Gasteiger partial charge in [-0.25, -0.2) is 13.1 Å². The molecule has 7 nitrogen and oxygen atoms in total. The number of aromatic hydroxyl groups is 1. The third kappa shape index (κ3) is 5.91. The van der Waals surface area contributed by atoms with Gasteiger partial charge in [0.2, 0.25) is 5.75 Å². The number of rotatable bonds is 9. The zero-order valence-corrected chi connectivity index (χ0v) is 21.5. The van der Waals surface area contributed by atoms with Crippen molar-refractivity contribution >= 4 is 17.6 Å². The maximum Gasteiger partial charge on any atom is 0.316 e. The summed E-state index contributed by atoms with van der Waals surface area (Å²) >= 11 is 1.70. The van der Waals surface area contributed by atoms with Crippen molar-refractivity contribution < 1.29 is 18.6 Å². The quantitative estimate of drug-likeness (QED) is 0.402. The van der Waals surface area contributed by atoms with Crippen molar-refractivity contribution in [1.29, 1.82) is 0 Å². The molecule has 0 bridgehead atoms. The Bertz CT molecular complexity index is 1300. The van der Waals surface area contributed by atoms with Crippen LogP contribution in [0.5, 0.6) is 11.5 Å². The Hall–Kier alpha value is -3.11. The molecule has 5 rings (SSSR count). The lowest BCUT2D eigenvalue weighted by Gasteiger charge is -2.35. The summed E-state index contributed by atoms with van der Waals surface area (Å²) in [6.07, 6.45) is 4.64. The van der Waals surface area contributed by atoms with E-state index in [0.29, 0.717) is 25.4 Å². The highest BCUT2D eigenvalue weighted by Crippen LogP contribution is 2.49. The fourth-order valence-corrected chi connectivity index (χ4v) is 5.44. The van der Waals surface area contributed by atoms with Crippen molar-refractivity contribution in [2.24, 2.45) is 5.41 Å². The van der Waals surface area contributed by atoms with Crippen LogP contribution in [0.4, 0.5) is 14.5 Å². The van der Waals surface area contributed by atoms with Crippen LogP contribution in [0.3, 0.4) is 0 Å². The van der Waals surface area contributed by atoms with Gasteiger partial charge in [0.25, 0.3) is 0 Å². The molecule has 2 heterocycles. The summed E-state index contributed by atoms with van der Waals surface area (Å²) in [7, 11) is 0. The van der Waals surface area contributed by atoms with E-state index < -0.39 is 17.2 Å². The molecular weight excluding hydrogens is 498 g/mol. The normalized spacial score (nSPS) is 17.1. The molecule has 1 aliphatic heterocycles. The molecule has 1 aromatic heterocycles. The molecule has 3 aromatic rings. The van der Waals surface area contributed by atoms with E-state index in [4.69, 9.17) is 4.74 Å². The predicted molar refractivity (Wildman–Crippen MR) is 140 cm³/mol. The summed E-state index contributed by atoms with van der Waals surface area (Å²) in [4.78, 5) is 15.6. The van der Waals surface area contributed by atoms with Crippen LogP contribution in [0.2, 0.25) is 0 Å². The number of piperazine rings is 1. The summed E-state index contributed by atoms with van der Waals surface area (Å²) in [5, 5.41) is 13.9. The minimum Gasteiger partial charge on any atom is -0.508 e. The van der Waals surface area contributed by atoms with Gasteiger partial charge >= 0.3 is 5.56 Å². The van der Waals surface area contributed by atoms with Gasteiger partial charge in [0, 0.05) is 43.4 Å². The second-order valence-corrected chi connectivity index (χ2v) is 10.8. The van der Waals surface area contributed by atoms with Gasteiger partial charge in [-0.15, -0.1) is 0 Å². The van der Waals surface area contributed by atoms with Crippen molar-refractivity contribution in [1.82, 2.24) is 14.1 Å². The fraction of sp³-hybridized carbons (Fsp3) is 0.407. The van der Waals surface area contributed by atoms with Crippen LogP contribution >= 0.6 is 11.9 Å². The van der Waals surface area contributed by atoms with E-state index in [1.54, 1.807) is 30.3 Å². The second kappa shape index (κ2) is 10.7. The van der Waals surface area contributed by atoms with Crippen molar-refractivity contribution in [2.75, 3.05) is 37.7 Å². The van der Waals surface area contributed by atoms with Gasteiger partial charge in [-0.05, 0) is 49.1 Å². The monoisotopic (exact) mass is 528 g/mol. The van der Waals surface area contributed by atoms with Crippen molar-refractivity contribution in [3.8, 4) is 17.2 Å². The highest BCUT2D eigenvalue weighted by Gasteiger charge is 2.42. The Morgan fingerprint density at radius 3 is 2.46 bits per heavy atom. The number of hydrogen-bond donors (Lipinski definition) is 1. The molecular formula is C27H30F2N4O3S. The first-order valence-electron chi connectivity index (χ1n) is 12.5. The molecule has 0 atom stereocenters. The number of nitrogens with zero attached hydrogens (tertiary/aromatic N) is 4. The molecule has 2 aromatic carbocycles. The van der Waals surface area contributed by atoms with Gasteiger partial charge in [0.15, 0.2) is 0 Å². The molecule has 2 fully saturated rings. The van der Waals surface area contributed by atoms with E-state index in [9.17, 15) is 18.7 Å². The van der Waals surface area contributed by atoms with Crippen LogP contribution in [-0.4, -0.2) is 52.0 Å². The lowest BCUT2D eigenvalue weighted by atomic mass is 10.1. The summed E-state index contributed by atoms with van der Waals surface area (Å²) in [5.41, 5.74) is 1.22. The summed E-state index contributed by atoms with van der Waals surface area (Å²) in [6.45, 7) is 5.41. The number of phenolic OH excluding ortho intramolecular Hbond substituents is 1. The number of aromatic nitrogens is 2. The summed E-state index contributed by atoms with van der Waals surface area (Å²) in [5.74, 6) is -0.381. The molecule has 2 aliphatic rings. The first-order chi connectivity index (χ1) is 17.9. The molecule has 0 radical (unpaired) electrons. The Labute approximate surface area is 218 Å². The van der Waals surface area contributed by atoms with E-state index in [2.05, 4.69) is 21.2 Å². The molecule has 0 spiro atoms. The minimum atomic E-state index is -0.780. The topological polar surface area (TPSA) is 70.8 Å². The fourth-order valence-electron chi connectivity index (χ4n) is 4.51. The van der Waals surface area contributed by atoms with Crippen LogP contribution in [0.25, 0.3) is 5.69 Å². The number of phenols is 1. The lowest BCUT2D eigenvalue weighted by Crippen LogP contribution is -2.44. The number of hydrogen-bond acceptors (Lipinski definition) is 7. The van der Waals surface area contributed by atoms with Crippen molar-refractivity contribution in [3.63, 3.8) is 0 Å². The highest BCUT2D eigenvalue weighted by atomic mass is 32.2. The predicted octanol–water partition coefficient (Wildman–Crippen LogP) is 4.76. The third-order valence-electron chi connectivity index (χ3n) is 7.14. The molecule has 1 saturated carbocycles. The van der Waals surface area contributed by atoms with E-state index in [0.717, 1.165) is 66.5 Å². The van der Waals surface area contributed by atoms with Crippen LogP contribution in [0, 0.1) is 17.0 Å². The van der Waals surface area contributed by atoms with Crippen LogP contribution in [0.1, 0.15) is 31.7 Å². The zero-order chi connectivity index (χ0) is 26.0. The standard InChI is InChI=1S/C27H30F2N4O3S/c1-2-27(6-7-27)18-36-25-24(16-30-33(26(25)35)22-14-20(28)13-21(29)15-22)31-8-10-32(11-9-31)37-17-19-4-3-5-23(34)12-19/h3-5,12-16,34H,2,6-11,17-18H2,1H3. The average Bonchev–Trinajstić information content (AvgIpc) is 3.67. The maximum absolute atomic E-state index is 13.9. The van der Waals surface area contributed by atoms with Gasteiger partial charge in [-0.3, -0.25) is 4.79 Å². The van der Waals surface area contributed by atoms with Crippen molar-refractivity contribution in [3.05, 3.63) is 76.2 Å². The molecule has 1 saturated heterocycles. The van der Waals surface area contributed by atoms with E-state index in [1.165, 1.54) is 0 Å². The number of ether oxygens (including phenoxy) is 1. The molecule has 0 amide bonds. The largest absolute Gasteiger partial charge is 0.508 e. The number of anilines is 1. The molecule has 196 valence electrons. The Morgan fingerprint density at radius 2 is 1.81 bits per heavy atom. The first kappa shape index (κ1) is 25.5. The van der Waals surface area contributed by atoms with Gasteiger partial charge in [0.1, 0.15) is 23.1 Å².